The summed E-state index contributed by atoms with van der Waals surface area (Å²) in [7, 11) is 0. The number of piperidine rings is 1. The highest BCUT2D eigenvalue weighted by Crippen LogP contribution is 2.17. The Labute approximate surface area is 87.5 Å². The van der Waals surface area contributed by atoms with Gasteiger partial charge in [0.15, 0.2) is 0 Å². The first-order valence-electron chi connectivity index (χ1n) is 4.95. The monoisotopic (exact) mass is 209 g/mol. The van der Waals surface area contributed by atoms with E-state index in [0.29, 0.717) is 0 Å². The molecule has 3 amide bonds. The van der Waals surface area contributed by atoms with Gasteiger partial charge >= 0.3 is 6.03 Å². The molecule has 81 valence electrons. The number of imide groups is 1. The van der Waals surface area contributed by atoms with Crippen molar-refractivity contribution in [3.63, 3.8) is 0 Å². The number of hydrogen-bond donors (Lipinski definition) is 2. The maximum Gasteiger partial charge on any atom is 0.352 e. The molecule has 0 aromatic heterocycles. The smallest absolute Gasteiger partial charge is 0.352 e. The second-order valence-corrected chi connectivity index (χ2v) is 3.65. The van der Waals surface area contributed by atoms with Gasteiger partial charge in [-0.25, -0.2) is 4.79 Å². The highest BCUT2D eigenvalue weighted by Gasteiger charge is 2.32. The van der Waals surface area contributed by atoms with Crippen LogP contribution in [0.2, 0.25) is 0 Å². The molecule has 1 saturated heterocycles. The van der Waals surface area contributed by atoms with Gasteiger partial charge in [0.2, 0.25) is 0 Å². The predicted molar refractivity (Wildman–Crippen MR) is 52.5 cm³/mol. The van der Waals surface area contributed by atoms with E-state index in [2.05, 4.69) is 10.6 Å². The van der Waals surface area contributed by atoms with Gasteiger partial charge in [-0.15, -0.1) is 0 Å². The zero-order valence-electron chi connectivity index (χ0n) is 8.27. The fraction of sp³-hybridized carbons (Fsp3) is 0.556. The third-order valence-electron chi connectivity index (χ3n) is 2.64. The Bertz CT molecular complexity index is 320. The summed E-state index contributed by atoms with van der Waals surface area (Å²) in [5, 5.41) is 6.56. The molecule has 0 aromatic rings. The van der Waals surface area contributed by atoms with Crippen LogP contribution < -0.4 is 16.4 Å². The molecule has 15 heavy (non-hydrogen) atoms. The van der Waals surface area contributed by atoms with Crippen LogP contribution in [0, 0.1) is 0 Å². The summed E-state index contributed by atoms with van der Waals surface area (Å²) in [6.07, 6.45) is 2.87. The Morgan fingerprint density at radius 2 is 2.07 bits per heavy atom. The highest BCUT2D eigenvalue weighted by molar-refractivity contribution is 6.03. The number of nitrogens with zero attached hydrogens (tertiary/aromatic N) is 2. The Kier molecular flexibility index (Phi) is 2.59. The van der Waals surface area contributed by atoms with E-state index in [4.69, 9.17) is 5.73 Å². The average Bonchev–Trinajstić information content (AvgIpc) is 2.17. The summed E-state index contributed by atoms with van der Waals surface area (Å²) in [4.78, 5) is 23.9. The topological polar surface area (TPSA) is 89.5 Å². The van der Waals surface area contributed by atoms with Crippen LogP contribution in [0.3, 0.4) is 0 Å². The van der Waals surface area contributed by atoms with Crippen molar-refractivity contribution in [2.45, 2.75) is 18.9 Å². The van der Waals surface area contributed by atoms with Crippen molar-refractivity contribution >= 4 is 11.9 Å². The lowest BCUT2D eigenvalue weighted by atomic mass is 10.0. The van der Waals surface area contributed by atoms with Crippen molar-refractivity contribution in [2.24, 2.45) is 5.73 Å². The molecule has 0 spiro atoms. The third-order valence-corrected chi connectivity index (χ3v) is 2.64. The fourth-order valence-corrected chi connectivity index (χ4v) is 1.92. The van der Waals surface area contributed by atoms with Gasteiger partial charge in [-0.3, -0.25) is 9.69 Å². The number of nitrogens with one attached hydrogen (secondary N) is 1. The normalized spacial score (nSPS) is 23.7. The van der Waals surface area contributed by atoms with Gasteiger partial charge in [0.25, 0.3) is 5.91 Å². The molecule has 2 heterocycles. The van der Waals surface area contributed by atoms with Crippen LogP contribution in [0.15, 0.2) is 11.9 Å². The average molecular weight is 209 g/mol. The van der Waals surface area contributed by atoms with Crippen molar-refractivity contribution < 1.29 is 9.59 Å². The third kappa shape index (κ3) is 1.94. The van der Waals surface area contributed by atoms with Gasteiger partial charge in [0, 0.05) is 12.1 Å². The molecule has 1 fully saturated rings. The molecule has 2 aliphatic rings. The molecule has 0 atom stereocenters. The Morgan fingerprint density at radius 3 is 2.67 bits per heavy atom. The Balaban J connectivity index is 2.15. The zero-order valence-corrected chi connectivity index (χ0v) is 8.27. The number of carbonyl (C=O) groups is 2. The molecule has 1 radical (unpaired) electrons. The maximum absolute atomic E-state index is 11.5. The van der Waals surface area contributed by atoms with E-state index < -0.39 is 11.9 Å². The van der Waals surface area contributed by atoms with Crippen LogP contribution in [0.5, 0.6) is 0 Å². The minimum Gasteiger partial charge on any atom is -0.385 e. The summed E-state index contributed by atoms with van der Waals surface area (Å²) in [5.74, 6) is -0.352. The van der Waals surface area contributed by atoms with Crippen LogP contribution >= 0.6 is 0 Å². The summed E-state index contributed by atoms with van der Waals surface area (Å²) in [5.41, 5.74) is 5.66. The lowest BCUT2D eigenvalue weighted by Crippen LogP contribution is -2.52. The van der Waals surface area contributed by atoms with Crippen molar-refractivity contribution in [2.75, 3.05) is 13.1 Å². The minimum absolute atomic E-state index is 0.0619. The van der Waals surface area contributed by atoms with Crippen LogP contribution in [0.4, 0.5) is 4.79 Å². The standard InChI is InChI=1S/C9H13N4O2/c10-7-5-8(14)12-9(15)13(7)6-1-3-11-4-2-6/h5-6,11H,1-4,10H2. The molecule has 0 saturated carbocycles. The molecule has 0 aliphatic carbocycles. The molecule has 0 aromatic carbocycles. The second-order valence-electron chi connectivity index (χ2n) is 3.65. The Morgan fingerprint density at radius 1 is 1.40 bits per heavy atom. The van der Waals surface area contributed by atoms with E-state index in [0.717, 1.165) is 25.9 Å². The SMILES string of the molecule is NC1=CC(=O)[N]C(=O)N1C1CCNCC1. The number of rotatable bonds is 1. The molecular formula is C9H13N4O2. The van der Waals surface area contributed by atoms with Crippen molar-refractivity contribution in [3.05, 3.63) is 11.9 Å². The quantitative estimate of drug-likeness (QED) is 0.586. The zero-order chi connectivity index (χ0) is 10.8. The van der Waals surface area contributed by atoms with Gasteiger partial charge in [-0.2, -0.15) is 5.32 Å². The first kappa shape index (κ1) is 9.97. The van der Waals surface area contributed by atoms with Gasteiger partial charge < -0.3 is 11.1 Å². The summed E-state index contributed by atoms with van der Waals surface area (Å²) < 4.78 is 0. The van der Waals surface area contributed by atoms with Crippen molar-refractivity contribution in [1.29, 1.82) is 0 Å². The summed E-state index contributed by atoms with van der Waals surface area (Å²) in [6, 6.07) is -0.473. The number of carbonyl (C=O) groups excluding carboxylic acids is 2. The highest BCUT2D eigenvalue weighted by atomic mass is 16.2. The second kappa shape index (κ2) is 3.90. The van der Waals surface area contributed by atoms with E-state index in [1.165, 1.54) is 11.0 Å². The number of amides is 3. The molecule has 6 nitrogen and oxygen atoms in total. The Hall–Kier alpha value is -1.56. The van der Waals surface area contributed by atoms with Crippen molar-refractivity contribution in [3.8, 4) is 0 Å². The fourth-order valence-electron chi connectivity index (χ4n) is 1.92. The minimum atomic E-state index is -0.567. The maximum atomic E-state index is 11.5. The van der Waals surface area contributed by atoms with E-state index in [9.17, 15) is 9.59 Å². The number of nitrogens with two attached hydrogens (primary N) is 1. The first-order chi connectivity index (χ1) is 7.18. The first-order valence-corrected chi connectivity index (χ1v) is 4.95. The van der Waals surface area contributed by atoms with Crippen LogP contribution in [-0.2, 0) is 4.79 Å². The van der Waals surface area contributed by atoms with Crippen LogP contribution in [-0.4, -0.2) is 36.0 Å². The summed E-state index contributed by atoms with van der Waals surface area (Å²) >= 11 is 0. The van der Waals surface area contributed by atoms with Gasteiger partial charge in [-0.1, -0.05) is 0 Å². The van der Waals surface area contributed by atoms with E-state index in [-0.39, 0.29) is 11.9 Å². The van der Waals surface area contributed by atoms with Crippen molar-refractivity contribution in [1.82, 2.24) is 15.5 Å². The predicted octanol–water partition coefficient (Wildman–Crippen LogP) is -0.895. The molecule has 0 unspecified atom stereocenters. The lowest BCUT2D eigenvalue weighted by molar-refractivity contribution is -0.116. The largest absolute Gasteiger partial charge is 0.385 e. The number of hydrogen-bond acceptors (Lipinski definition) is 4. The molecule has 3 N–H and O–H groups in total. The van der Waals surface area contributed by atoms with Crippen LogP contribution in [0.1, 0.15) is 12.8 Å². The van der Waals surface area contributed by atoms with E-state index >= 15 is 0 Å². The van der Waals surface area contributed by atoms with E-state index in [1.54, 1.807) is 0 Å². The molecule has 2 rings (SSSR count). The van der Waals surface area contributed by atoms with Gasteiger partial charge in [0.05, 0.1) is 0 Å². The molecule has 6 heteroatoms. The molecular weight excluding hydrogens is 196 g/mol. The lowest BCUT2D eigenvalue weighted by Gasteiger charge is -2.35. The number of urea groups is 1. The molecule has 2 aliphatic heterocycles. The van der Waals surface area contributed by atoms with Crippen LogP contribution in [0.25, 0.3) is 0 Å². The van der Waals surface area contributed by atoms with Gasteiger partial charge in [0.1, 0.15) is 5.82 Å². The summed E-state index contributed by atoms with van der Waals surface area (Å²) in [6.45, 7) is 1.71. The van der Waals surface area contributed by atoms with E-state index in [1.807, 2.05) is 0 Å². The van der Waals surface area contributed by atoms with Gasteiger partial charge in [-0.05, 0) is 25.9 Å². The molecule has 0 bridgehead atoms.